The van der Waals surface area contributed by atoms with Gasteiger partial charge < -0.3 is 9.90 Å². The van der Waals surface area contributed by atoms with E-state index in [1.165, 1.54) is 0 Å². The van der Waals surface area contributed by atoms with Crippen molar-refractivity contribution < 1.29 is 23.1 Å². The Hall–Kier alpha value is -1.73. The maximum atomic E-state index is 10.7. The molecule has 0 aliphatic heterocycles. The molecule has 0 fully saturated rings. The van der Waals surface area contributed by atoms with Crippen molar-refractivity contribution in [3.8, 4) is 0 Å². The number of nitrogens with zero attached hydrogens (tertiary/aromatic N) is 1. The summed E-state index contributed by atoms with van der Waals surface area (Å²) < 4.78 is 23.6. The van der Waals surface area contributed by atoms with E-state index in [1.54, 1.807) is 30.3 Å². The van der Waals surface area contributed by atoms with E-state index in [0.29, 0.717) is 6.29 Å². The Kier molecular flexibility index (Phi) is 9.29. The fourth-order valence-electron chi connectivity index (χ4n) is 1.11. The molecule has 1 atom stereocenters. The molecule has 1 aromatic carbocycles. The van der Waals surface area contributed by atoms with Crippen molar-refractivity contribution in [1.29, 1.82) is 0 Å². The first-order valence-electron chi connectivity index (χ1n) is 5.07. The van der Waals surface area contributed by atoms with E-state index in [1.807, 2.05) is 0 Å². The molecule has 8 heteroatoms. The molecule has 0 bridgehead atoms. The van der Waals surface area contributed by atoms with Gasteiger partial charge in [-0.05, 0) is 5.56 Å². The van der Waals surface area contributed by atoms with Crippen LogP contribution in [0.15, 0.2) is 34.7 Å². The Morgan fingerprint density at radius 2 is 1.89 bits per heavy atom. The van der Waals surface area contributed by atoms with Crippen LogP contribution in [0.1, 0.15) is 5.56 Å². The first-order valence-corrected chi connectivity index (χ1v) is 6.64. The first kappa shape index (κ1) is 17.3. The van der Waals surface area contributed by atoms with Gasteiger partial charge in [0.1, 0.15) is 6.29 Å². The largest absolute Gasteiger partial charge is 0.480 e. The topological polar surface area (TPSA) is 101 Å². The van der Waals surface area contributed by atoms with Gasteiger partial charge in [0.25, 0.3) is 0 Å². The molecular weight excluding hydrogens is 294 g/mol. The molecule has 0 heterocycles. The molecule has 0 saturated carbocycles. The van der Waals surface area contributed by atoms with Gasteiger partial charge in [-0.3, -0.25) is 0 Å². The summed E-state index contributed by atoms with van der Waals surface area (Å²) in [6.07, 6.45) is 0.714. The Labute approximate surface area is 116 Å². The molecule has 1 aromatic rings. The van der Waals surface area contributed by atoms with E-state index in [0.717, 1.165) is 5.56 Å². The summed E-state index contributed by atoms with van der Waals surface area (Å²) in [5.41, 5.74) is 0.735. The lowest BCUT2D eigenvalue weighted by molar-refractivity contribution is -0.138. The highest BCUT2D eigenvalue weighted by molar-refractivity contribution is 7.61. The number of halogens is 1. The Bertz CT molecular complexity index is 521. The summed E-state index contributed by atoms with van der Waals surface area (Å²) in [7, 11) is -2.70. The van der Waals surface area contributed by atoms with Gasteiger partial charge in [0.15, 0.2) is 6.04 Å². The number of alkyl halides is 1. The van der Waals surface area contributed by atoms with Crippen molar-refractivity contribution in [3.05, 3.63) is 35.9 Å². The number of carboxylic acids is 1. The van der Waals surface area contributed by atoms with E-state index in [2.05, 4.69) is 4.36 Å². The molecule has 104 valence electrons. The summed E-state index contributed by atoms with van der Waals surface area (Å²) in [5, 5.41) is 8.72. The number of rotatable bonds is 5. The van der Waals surface area contributed by atoms with Crippen LogP contribution in [-0.4, -0.2) is 37.7 Å². The molecule has 19 heavy (non-hydrogen) atoms. The molecule has 0 spiro atoms. The standard InChI is InChI=1S/C9H9NO4S.C2H3ClO/c11-9(12)8(10-15(13)14)6-7-4-2-1-3-5-7;3-1-2-4/h1-5,8H,6H2,(H,11,12);2H,1H2/t8-;/m0./s1. The van der Waals surface area contributed by atoms with Crippen LogP contribution in [0.25, 0.3) is 0 Å². The van der Waals surface area contributed by atoms with Gasteiger partial charge in [0.05, 0.1) is 5.88 Å². The molecule has 0 radical (unpaired) electrons. The summed E-state index contributed by atoms with van der Waals surface area (Å²) in [6, 6.07) is 7.50. The fourth-order valence-corrected chi connectivity index (χ4v) is 1.48. The van der Waals surface area contributed by atoms with Crippen LogP contribution in [0.2, 0.25) is 0 Å². The third-order valence-corrected chi connectivity index (χ3v) is 2.39. The second kappa shape index (κ2) is 10.2. The predicted molar refractivity (Wildman–Crippen MR) is 69.7 cm³/mol. The third-order valence-electron chi connectivity index (χ3n) is 1.83. The SMILES string of the molecule is O=C(O)[C@H](Cc1ccccc1)N=S(=O)=O.O=CCCl. The quantitative estimate of drug-likeness (QED) is 0.650. The minimum absolute atomic E-state index is 0.0736. The molecule has 0 aliphatic carbocycles. The van der Waals surface area contributed by atoms with Crippen molar-refractivity contribution in [3.63, 3.8) is 0 Å². The van der Waals surface area contributed by atoms with E-state index >= 15 is 0 Å². The van der Waals surface area contributed by atoms with Gasteiger partial charge >= 0.3 is 16.5 Å². The van der Waals surface area contributed by atoms with Gasteiger partial charge in [0, 0.05) is 6.42 Å². The monoisotopic (exact) mass is 305 g/mol. The van der Waals surface area contributed by atoms with Crippen molar-refractivity contribution in [2.75, 3.05) is 5.88 Å². The number of aldehydes is 1. The average Bonchev–Trinajstić information content (AvgIpc) is 2.39. The number of carbonyl (C=O) groups excluding carboxylic acids is 1. The van der Waals surface area contributed by atoms with Gasteiger partial charge in [-0.2, -0.15) is 12.8 Å². The minimum Gasteiger partial charge on any atom is -0.480 e. The van der Waals surface area contributed by atoms with E-state index in [9.17, 15) is 13.2 Å². The number of benzene rings is 1. The van der Waals surface area contributed by atoms with Crippen LogP contribution in [0.4, 0.5) is 0 Å². The smallest absolute Gasteiger partial charge is 0.330 e. The van der Waals surface area contributed by atoms with Crippen LogP contribution in [0.3, 0.4) is 0 Å². The Morgan fingerprint density at radius 3 is 2.26 bits per heavy atom. The highest BCUT2D eigenvalue weighted by atomic mass is 35.5. The Morgan fingerprint density at radius 1 is 1.37 bits per heavy atom. The van der Waals surface area contributed by atoms with E-state index in [4.69, 9.17) is 21.5 Å². The first-order chi connectivity index (χ1) is 9.01. The van der Waals surface area contributed by atoms with Crippen molar-refractivity contribution in [1.82, 2.24) is 0 Å². The molecule has 1 rings (SSSR count). The number of aliphatic carboxylic acids is 1. The summed E-state index contributed by atoms with van der Waals surface area (Å²) >= 11 is 4.82. The average molecular weight is 306 g/mol. The van der Waals surface area contributed by atoms with Crippen LogP contribution >= 0.6 is 11.6 Å². The molecular formula is C11H12ClNO5S. The zero-order valence-electron chi connectivity index (χ0n) is 9.77. The van der Waals surface area contributed by atoms with Gasteiger partial charge in [-0.1, -0.05) is 30.3 Å². The van der Waals surface area contributed by atoms with Crippen molar-refractivity contribution >= 4 is 34.4 Å². The minimum atomic E-state index is -2.70. The molecule has 0 unspecified atom stereocenters. The van der Waals surface area contributed by atoms with Crippen molar-refractivity contribution in [2.45, 2.75) is 12.5 Å². The summed E-state index contributed by atoms with van der Waals surface area (Å²) in [4.78, 5) is 19.7. The van der Waals surface area contributed by atoms with Crippen LogP contribution in [0.5, 0.6) is 0 Å². The van der Waals surface area contributed by atoms with Crippen LogP contribution in [0, 0.1) is 0 Å². The lowest BCUT2D eigenvalue weighted by atomic mass is 10.1. The number of carboxylic acid groups (broad SMARTS) is 1. The number of hydrogen-bond acceptors (Lipinski definition) is 5. The molecule has 0 aromatic heterocycles. The Balaban J connectivity index is 0.000000711. The van der Waals surface area contributed by atoms with E-state index < -0.39 is 22.5 Å². The summed E-state index contributed by atoms with van der Waals surface area (Å²) in [6.45, 7) is 0. The maximum absolute atomic E-state index is 10.7. The zero-order valence-corrected chi connectivity index (χ0v) is 11.3. The summed E-state index contributed by atoms with van der Waals surface area (Å²) in [5.74, 6) is -1.14. The zero-order chi connectivity index (χ0) is 14.7. The molecule has 6 nitrogen and oxygen atoms in total. The lowest BCUT2D eigenvalue weighted by Crippen LogP contribution is -2.20. The maximum Gasteiger partial charge on any atom is 0.330 e. The van der Waals surface area contributed by atoms with E-state index in [-0.39, 0.29) is 12.3 Å². The number of carbonyl (C=O) groups is 2. The van der Waals surface area contributed by atoms with Crippen LogP contribution < -0.4 is 0 Å². The third kappa shape index (κ3) is 8.92. The normalized spacial score (nSPS) is 10.6. The second-order valence-electron chi connectivity index (χ2n) is 3.19. The number of hydrogen-bond donors (Lipinski definition) is 1. The molecule has 0 saturated heterocycles. The molecule has 1 N–H and O–H groups in total. The predicted octanol–water partition coefficient (Wildman–Crippen LogP) is 1.17. The van der Waals surface area contributed by atoms with Crippen molar-refractivity contribution in [2.24, 2.45) is 4.36 Å². The highest BCUT2D eigenvalue weighted by Crippen LogP contribution is 2.05. The highest BCUT2D eigenvalue weighted by Gasteiger charge is 2.17. The van der Waals surface area contributed by atoms with Crippen LogP contribution in [-0.2, 0) is 26.5 Å². The second-order valence-corrected chi connectivity index (χ2v) is 4.14. The fraction of sp³-hybridized carbons (Fsp3) is 0.273. The van der Waals surface area contributed by atoms with Gasteiger partial charge in [-0.15, -0.1) is 11.6 Å². The van der Waals surface area contributed by atoms with Gasteiger partial charge in [-0.25, -0.2) is 4.79 Å². The molecule has 0 amide bonds. The lowest BCUT2D eigenvalue weighted by Gasteiger charge is -2.04. The van der Waals surface area contributed by atoms with Gasteiger partial charge in [0.2, 0.25) is 0 Å². The molecule has 0 aliphatic rings.